The van der Waals surface area contributed by atoms with Crippen LogP contribution in [0.25, 0.3) is 6.08 Å². The number of hydrogen-bond donors (Lipinski definition) is 2. The second kappa shape index (κ2) is 6.72. The number of fused-ring (bicyclic) bond motifs is 2. The fourth-order valence-corrected chi connectivity index (χ4v) is 5.87. The van der Waals surface area contributed by atoms with Gasteiger partial charge in [-0.15, -0.1) is 0 Å². The Hall–Kier alpha value is -3.16. The Bertz CT molecular complexity index is 1300. The lowest BCUT2D eigenvalue weighted by atomic mass is 9.81. The zero-order valence-corrected chi connectivity index (χ0v) is 16.5. The number of Topliss-reactive ketones (excluding diaryl/α,β-unsaturated/α-hetero) is 2. The molecule has 0 amide bonds. The molecule has 1 aliphatic heterocycles. The number of phenolic OH excluding ortho intramolecular Hbond substituents is 1. The Kier molecular flexibility index (Phi) is 4.15. The minimum absolute atomic E-state index is 0.0290. The molecular formula is C22H13NO4S2. The summed E-state index contributed by atoms with van der Waals surface area (Å²) < 4.78 is 0. The third kappa shape index (κ3) is 2.82. The first-order chi connectivity index (χ1) is 14.0. The van der Waals surface area contributed by atoms with Crippen LogP contribution in [-0.2, 0) is 0 Å². The monoisotopic (exact) mass is 419 g/mol. The number of phenols is 1. The first-order valence-electron chi connectivity index (χ1n) is 8.84. The molecule has 29 heavy (non-hydrogen) atoms. The van der Waals surface area contributed by atoms with Crippen molar-refractivity contribution in [1.29, 1.82) is 0 Å². The maximum absolute atomic E-state index is 13.4. The van der Waals surface area contributed by atoms with Crippen molar-refractivity contribution in [1.82, 2.24) is 4.98 Å². The second-order valence-electron chi connectivity index (χ2n) is 6.66. The van der Waals surface area contributed by atoms with Crippen molar-refractivity contribution in [3.63, 3.8) is 0 Å². The normalized spacial score (nSPS) is 18.0. The number of thioether (sulfide) groups is 1. The van der Waals surface area contributed by atoms with E-state index in [0.717, 1.165) is 28.7 Å². The molecule has 142 valence electrons. The first-order valence-corrected chi connectivity index (χ1v) is 10.5. The minimum atomic E-state index is -0.547. The number of ketones is 2. The number of benzene rings is 2. The van der Waals surface area contributed by atoms with E-state index in [-0.39, 0.29) is 33.3 Å². The lowest BCUT2D eigenvalue weighted by Crippen LogP contribution is -2.26. The van der Waals surface area contributed by atoms with Gasteiger partial charge in [0, 0.05) is 17.1 Å². The highest BCUT2D eigenvalue weighted by Crippen LogP contribution is 2.50. The molecule has 0 saturated heterocycles. The molecule has 1 aromatic heterocycles. The number of aromatic hydroxyl groups is 1. The van der Waals surface area contributed by atoms with Crippen molar-refractivity contribution in [3.05, 3.63) is 96.3 Å². The fourth-order valence-electron chi connectivity index (χ4n) is 3.63. The van der Waals surface area contributed by atoms with Crippen LogP contribution in [0.15, 0.2) is 74.9 Å². The Morgan fingerprint density at radius 1 is 0.966 bits per heavy atom. The topological polar surface area (TPSA) is 87.2 Å². The van der Waals surface area contributed by atoms with Crippen molar-refractivity contribution in [2.45, 2.75) is 10.9 Å². The van der Waals surface area contributed by atoms with E-state index in [2.05, 4.69) is 4.98 Å². The van der Waals surface area contributed by atoms with Gasteiger partial charge in [-0.05, 0) is 17.7 Å². The van der Waals surface area contributed by atoms with Gasteiger partial charge in [-0.1, -0.05) is 71.6 Å². The maximum Gasteiger partial charge on any atom is 0.305 e. The molecule has 1 atom stereocenters. The predicted octanol–water partition coefficient (Wildman–Crippen LogP) is 4.38. The van der Waals surface area contributed by atoms with E-state index in [1.165, 1.54) is 6.07 Å². The smallest absolute Gasteiger partial charge is 0.305 e. The van der Waals surface area contributed by atoms with Crippen LogP contribution in [0.5, 0.6) is 5.75 Å². The number of allylic oxidation sites excluding steroid dienone is 3. The lowest BCUT2D eigenvalue weighted by molar-refractivity contribution is 0.0975. The zero-order valence-electron chi connectivity index (χ0n) is 14.8. The van der Waals surface area contributed by atoms with Crippen molar-refractivity contribution in [3.8, 4) is 5.75 Å². The van der Waals surface area contributed by atoms with Gasteiger partial charge >= 0.3 is 4.87 Å². The summed E-state index contributed by atoms with van der Waals surface area (Å²) in [5.41, 5.74) is 1.47. The first kappa shape index (κ1) is 17.9. The minimum Gasteiger partial charge on any atom is -0.507 e. The van der Waals surface area contributed by atoms with Gasteiger partial charge < -0.3 is 10.1 Å². The predicted molar refractivity (Wildman–Crippen MR) is 113 cm³/mol. The molecule has 7 heteroatoms. The van der Waals surface area contributed by atoms with Gasteiger partial charge in [0.25, 0.3) is 0 Å². The Balaban J connectivity index is 1.70. The van der Waals surface area contributed by atoms with Gasteiger partial charge in [0.2, 0.25) is 5.78 Å². The molecule has 0 spiro atoms. The van der Waals surface area contributed by atoms with Gasteiger partial charge in [-0.3, -0.25) is 14.4 Å². The molecule has 5 nitrogen and oxygen atoms in total. The summed E-state index contributed by atoms with van der Waals surface area (Å²) in [5.74, 6) is -1.45. The third-order valence-electron chi connectivity index (χ3n) is 4.93. The second-order valence-corrected chi connectivity index (χ2v) is 8.69. The Labute approximate surface area is 173 Å². The van der Waals surface area contributed by atoms with Crippen LogP contribution >= 0.6 is 23.1 Å². The third-order valence-corrected chi connectivity index (χ3v) is 7.16. The molecular weight excluding hydrogens is 406 g/mol. The van der Waals surface area contributed by atoms with Crippen LogP contribution in [-0.4, -0.2) is 21.7 Å². The van der Waals surface area contributed by atoms with Crippen molar-refractivity contribution >= 4 is 40.7 Å². The molecule has 2 N–H and O–H groups in total. The van der Waals surface area contributed by atoms with Crippen LogP contribution in [0.1, 0.15) is 37.1 Å². The van der Waals surface area contributed by atoms with E-state index < -0.39 is 5.92 Å². The van der Waals surface area contributed by atoms with Crippen molar-refractivity contribution < 1.29 is 14.7 Å². The number of aromatic nitrogens is 1. The highest BCUT2D eigenvalue weighted by atomic mass is 32.2. The highest BCUT2D eigenvalue weighted by molar-refractivity contribution is 8.04. The Morgan fingerprint density at radius 3 is 2.55 bits per heavy atom. The summed E-state index contributed by atoms with van der Waals surface area (Å²) in [4.78, 5) is 42.0. The quantitative estimate of drug-likeness (QED) is 0.644. The van der Waals surface area contributed by atoms with E-state index in [1.807, 2.05) is 42.5 Å². The molecule has 0 bridgehead atoms. The molecule has 0 fully saturated rings. The molecule has 1 aliphatic carbocycles. The number of thiazole rings is 1. The summed E-state index contributed by atoms with van der Waals surface area (Å²) in [6.45, 7) is 0. The molecule has 1 unspecified atom stereocenters. The van der Waals surface area contributed by atoms with Crippen molar-refractivity contribution in [2.75, 3.05) is 0 Å². The fraction of sp³-hybridized carbons (Fsp3) is 0.0455. The average molecular weight is 419 g/mol. The average Bonchev–Trinajstić information content (AvgIpc) is 3.10. The van der Waals surface area contributed by atoms with E-state index in [1.54, 1.807) is 12.1 Å². The molecule has 2 aliphatic rings. The van der Waals surface area contributed by atoms with E-state index in [4.69, 9.17) is 0 Å². The van der Waals surface area contributed by atoms with E-state index >= 15 is 0 Å². The number of carbonyl (C=O) groups excluding carboxylic acids is 2. The van der Waals surface area contributed by atoms with Gasteiger partial charge in [0.05, 0.1) is 20.4 Å². The SMILES string of the molecule is O=C1C2=C(C(=O)c3c(O)cccc31)C(/C=C/c1ccccc1)c1sc(=O)[nH]c1S2. The molecule has 0 saturated carbocycles. The molecule has 3 aromatic rings. The largest absolute Gasteiger partial charge is 0.507 e. The zero-order chi connectivity index (χ0) is 20.1. The molecule has 5 rings (SSSR count). The van der Waals surface area contributed by atoms with Crippen LogP contribution in [0.2, 0.25) is 0 Å². The Morgan fingerprint density at radius 2 is 1.76 bits per heavy atom. The van der Waals surface area contributed by atoms with Crippen molar-refractivity contribution in [2.24, 2.45) is 0 Å². The summed E-state index contributed by atoms with van der Waals surface area (Å²) in [5, 5.41) is 10.8. The number of nitrogens with one attached hydrogen (secondary N) is 1. The number of carbonyl (C=O) groups is 2. The van der Waals surface area contributed by atoms with Crippen LogP contribution in [0.3, 0.4) is 0 Å². The van der Waals surface area contributed by atoms with Gasteiger partial charge in [-0.2, -0.15) is 0 Å². The number of hydrogen-bond acceptors (Lipinski definition) is 6. The lowest BCUT2D eigenvalue weighted by Gasteiger charge is -2.28. The maximum atomic E-state index is 13.4. The number of rotatable bonds is 2. The summed E-state index contributed by atoms with van der Waals surface area (Å²) >= 11 is 2.15. The number of aromatic amines is 1. The molecule has 2 heterocycles. The summed E-state index contributed by atoms with van der Waals surface area (Å²) in [6, 6.07) is 14.1. The molecule has 0 radical (unpaired) electrons. The standard InChI is InChI=1S/C22H13NO4S2/c24-14-8-4-7-12-15(14)18(26)16-13(10-9-11-5-2-1-3-6-11)19-21(23-22(27)29-19)28-20(16)17(12)25/h1-10,13,24H,(H,23,27)/b10-9+. The van der Waals surface area contributed by atoms with Gasteiger partial charge in [0.15, 0.2) is 5.78 Å². The van der Waals surface area contributed by atoms with E-state index in [0.29, 0.717) is 20.4 Å². The highest BCUT2D eigenvalue weighted by Gasteiger charge is 2.42. The van der Waals surface area contributed by atoms with Gasteiger partial charge in [0.1, 0.15) is 5.75 Å². The van der Waals surface area contributed by atoms with Crippen LogP contribution in [0, 0.1) is 0 Å². The van der Waals surface area contributed by atoms with Crippen LogP contribution in [0.4, 0.5) is 0 Å². The van der Waals surface area contributed by atoms with Crippen LogP contribution < -0.4 is 4.87 Å². The number of H-pyrrole nitrogens is 1. The summed E-state index contributed by atoms with van der Waals surface area (Å²) in [6.07, 6.45) is 3.71. The van der Waals surface area contributed by atoms with E-state index in [9.17, 15) is 19.5 Å². The van der Waals surface area contributed by atoms with Gasteiger partial charge in [-0.25, -0.2) is 0 Å². The summed E-state index contributed by atoms with van der Waals surface area (Å²) in [7, 11) is 0. The molecule has 2 aromatic carbocycles.